The molecule has 5 heteroatoms. The Morgan fingerprint density at radius 3 is 2.15 bits per heavy atom. The first-order chi connectivity index (χ1) is 12.5. The van der Waals surface area contributed by atoms with Gasteiger partial charge in [-0.2, -0.15) is 0 Å². The number of aliphatic hydroxyl groups is 1. The molecule has 2 nitrogen and oxygen atoms in total. The molecule has 0 aliphatic heterocycles. The number of hydrogen-bond donors (Lipinski definition) is 2. The van der Waals surface area contributed by atoms with E-state index in [0.717, 1.165) is 11.1 Å². The van der Waals surface area contributed by atoms with Crippen LogP contribution in [-0.2, 0) is 12.1 Å². The van der Waals surface area contributed by atoms with E-state index in [0.29, 0.717) is 28.7 Å². The number of hydrogen-bond acceptors (Lipinski definition) is 1. The van der Waals surface area contributed by atoms with Crippen LogP contribution in [0.2, 0.25) is 10.0 Å². The van der Waals surface area contributed by atoms with Crippen molar-refractivity contribution in [3.63, 3.8) is 0 Å². The first kappa shape index (κ1) is 18.9. The molecule has 0 unspecified atom stereocenters. The summed E-state index contributed by atoms with van der Waals surface area (Å²) in [4.78, 5) is 0. The average molecular weight is 391 g/mol. The van der Waals surface area contributed by atoms with Gasteiger partial charge in [-0.05, 0) is 35.4 Å². The Morgan fingerprint density at radius 1 is 0.846 bits per heavy atom. The normalized spacial score (nSPS) is 13.4. The van der Waals surface area contributed by atoms with Crippen molar-refractivity contribution in [3.8, 4) is 0 Å². The van der Waals surface area contributed by atoms with Gasteiger partial charge >= 0.3 is 0 Å². The first-order valence-electron chi connectivity index (χ1n) is 8.28. The fourth-order valence-electron chi connectivity index (χ4n) is 2.96. The van der Waals surface area contributed by atoms with Crippen molar-refractivity contribution in [2.24, 2.45) is 0 Å². The Kier molecular flexibility index (Phi) is 5.94. The molecular weight excluding hydrogens is 372 g/mol. The van der Waals surface area contributed by atoms with E-state index >= 15 is 0 Å². The summed E-state index contributed by atoms with van der Waals surface area (Å²) in [5, 5.41) is 14.4. The van der Waals surface area contributed by atoms with Gasteiger partial charge in [0.15, 0.2) is 5.60 Å². The first-order valence-corrected chi connectivity index (χ1v) is 9.04. The minimum Gasteiger partial charge on any atom is -0.375 e. The molecule has 0 aliphatic carbocycles. The SMILES string of the molecule is O[C@@](C[NH2+]Cc1ccc(Cl)c(Cl)c1)(c1ccccc1)c1ccc(F)cc1. The Labute approximate surface area is 162 Å². The zero-order chi connectivity index (χ0) is 18.6. The topological polar surface area (TPSA) is 36.8 Å². The van der Waals surface area contributed by atoms with Crippen LogP contribution in [0.3, 0.4) is 0 Å². The van der Waals surface area contributed by atoms with E-state index < -0.39 is 5.60 Å². The number of halogens is 3. The highest BCUT2D eigenvalue weighted by Gasteiger charge is 2.33. The molecule has 3 N–H and O–H groups in total. The van der Waals surface area contributed by atoms with Crippen LogP contribution < -0.4 is 5.32 Å². The van der Waals surface area contributed by atoms with E-state index in [9.17, 15) is 9.50 Å². The van der Waals surface area contributed by atoms with E-state index in [4.69, 9.17) is 23.2 Å². The third-order valence-electron chi connectivity index (χ3n) is 4.38. The molecule has 0 amide bonds. The highest BCUT2D eigenvalue weighted by atomic mass is 35.5. The zero-order valence-electron chi connectivity index (χ0n) is 14.0. The maximum absolute atomic E-state index is 13.3. The van der Waals surface area contributed by atoms with Gasteiger partial charge in [0, 0.05) is 5.56 Å². The molecule has 0 aromatic heterocycles. The standard InChI is InChI=1S/C21H18Cl2FNO/c22-19-11-6-15(12-20(19)23)13-25-14-21(26,16-4-2-1-3-5-16)17-7-9-18(24)10-8-17/h1-12,25-26H,13-14H2/p+1/t21-/m0/s1. The molecule has 0 fully saturated rings. The summed E-state index contributed by atoms with van der Waals surface area (Å²) in [6.45, 7) is 1.01. The summed E-state index contributed by atoms with van der Waals surface area (Å²) in [5.74, 6) is -0.330. The van der Waals surface area contributed by atoms with Crippen LogP contribution >= 0.6 is 23.2 Å². The van der Waals surface area contributed by atoms with Crippen molar-refractivity contribution in [3.05, 3.63) is 105 Å². The molecular formula is C21H19Cl2FNO+. The summed E-state index contributed by atoms with van der Waals surface area (Å²) in [6.07, 6.45) is 0. The summed E-state index contributed by atoms with van der Waals surface area (Å²) in [6, 6.07) is 20.8. The van der Waals surface area contributed by atoms with Crippen LogP contribution in [-0.4, -0.2) is 11.7 Å². The molecule has 0 bridgehead atoms. The highest BCUT2D eigenvalue weighted by Crippen LogP contribution is 2.28. The summed E-state index contributed by atoms with van der Waals surface area (Å²) >= 11 is 12.0. The number of nitrogens with two attached hydrogens (primary N) is 1. The number of benzene rings is 3. The lowest BCUT2D eigenvalue weighted by molar-refractivity contribution is -0.682. The molecule has 3 aromatic carbocycles. The van der Waals surface area contributed by atoms with Crippen LogP contribution in [0.15, 0.2) is 72.8 Å². The van der Waals surface area contributed by atoms with Gasteiger partial charge in [-0.15, -0.1) is 0 Å². The van der Waals surface area contributed by atoms with Gasteiger partial charge in [-0.25, -0.2) is 4.39 Å². The van der Waals surface area contributed by atoms with Gasteiger partial charge in [-0.1, -0.05) is 71.7 Å². The van der Waals surface area contributed by atoms with E-state index in [-0.39, 0.29) is 5.82 Å². The predicted molar refractivity (Wildman–Crippen MR) is 103 cm³/mol. The van der Waals surface area contributed by atoms with E-state index in [1.165, 1.54) is 12.1 Å². The minimum absolute atomic E-state index is 0.330. The molecule has 26 heavy (non-hydrogen) atoms. The predicted octanol–water partition coefficient (Wildman–Crippen LogP) is 4.13. The monoisotopic (exact) mass is 390 g/mol. The van der Waals surface area contributed by atoms with Gasteiger partial charge in [0.25, 0.3) is 0 Å². The number of rotatable bonds is 6. The van der Waals surface area contributed by atoms with Crippen LogP contribution in [0, 0.1) is 5.82 Å². The third kappa shape index (κ3) is 4.25. The molecule has 0 saturated heterocycles. The van der Waals surface area contributed by atoms with E-state index in [1.54, 1.807) is 18.2 Å². The Bertz CT molecular complexity index is 871. The lowest BCUT2D eigenvalue weighted by atomic mass is 9.86. The second-order valence-electron chi connectivity index (χ2n) is 6.18. The van der Waals surface area contributed by atoms with Crippen LogP contribution in [0.5, 0.6) is 0 Å². The molecule has 0 aliphatic rings. The fourth-order valence-corrected chi connectivity index (χ4v) is 3.28. The third-order valence-corrected chi connectivity index (χ3v) is 5.12. The molecule has 0 radical (unpaired) electrons. The second-order valence-corrected chi connectivity index (χ2v) is 6.99. The average Bonchev–Trinajstić information content (AvgIpc) is 2.66. The van der Waals surface area contributed by atoms with Crippen LogP contribution in [0.4, 0.5) is 4.39 Å². The maximum Gasteiger partial charge on any atom is 0.163 e. The largest absolute Gasteiger partial charge is 0.375 e. The quantitative estimate of drug-likeness (QED) is 0.652. The molecule has 1 atom stereocenters. The molecule has 0 spiro atoms. The van der Waals surface area contributed by atoms with Crippen molar-refractivity contribution >= 4 is 23.2 Å². The molecule has 3 aromatic rings. The number of quaternary nitrogens is 1. The molecule has 0 saturated carbocycles. The summed E-state index contributed by atoms with van der Waals surface area (Å²) < 4.78 is 13.3. The van der Waals surface area contributed by atoms with Crippen LogP contribution in [0.25, 0.3) is 0 Å². The Hall–Kier alpha value is -1.91. The van der Waals surface area contributed by atoms with Crippen molar-refractivity contribution in [2.45, 2.75) is 12.1 Å². The lowest BCUT2D eigenvalue weighted by Gasteiger charge is -2.27. The second kappa shape index (κ2) is 8.19. The smallest absolute Gasteiger partial charge is 0.163 e. The van der Waals surface area contributed by atoms with Crippen molar-refractivity contribution in [1.29, 1.82) is 0 Å². The van der Waals surface area contributed by atoms with E-state index in [2.05, 4.69) is 0 Å². The zero-order valence-corrected chi connectivity index (χ0v) is 15.5. The Balaban J connectivity index is 1.82. The van der Waals surface area contributed by atoms with Crippen molar-refractivity contribution in [2.75, 3.05) is 6.54 Å². The minimum atomic E-state index is -1.23. The van der Waals surface area contributed by atoms with Gasteiger partial charge in [-0.3, -0.25) is 0 Å². The lowest BCUT2D eigenvalue weighted by Crippen LogP contribution is -2.86. The summed E-state index contributed by atoms with van der Waals surface area (Å²) in [7, 11) is 0. The fraction of sp³-hybridized carbons (Fsp3) is 0.143. The van der Waals surface area contributed by atoms with Crippen molar-refractivity contribution in [1.82, 2.24) is 0 Å². The van der Waals surface area contributed by atoms with Crippen LogP contribution in [0.1, 0.15) is 16.7 Å². The van der Waals surface area contributed by atoms with Gasteiger partial charge in [0.2, 0.25) is 0 Å². The van der Waals surface area contributed by atoms with Gasteiger partial charge in [0.05, 0.1) is 10.0 Å². The molecule has 3 rings (SSSR count). The highest BCUT2D eigenvalue weighted by molar-refractivity contribution is 6.42. The summed E-state index contributed by atoms with van der Waals surface area (Å²) in [5.41, 5.74) is 1.19. The van der Waals surface area contributed by atoms with Gasteiger partial charge < -0.3 is 10.4 Å². The Morgan fingerprint density at radius 2 is 1.50 bits per heavy atom. The van der Waals surface area contributed by atoms with Gasteiger partial charge in [0.1, 0.15) is 18.9 Å². The van der Waals surface area contributed by atoms with Crippen molar-refractivity contribution < 1.29 is 14.8 Å². The van der Waals surface area contributed by atoms with E-state index in [1.807, 2.05) is 47.8 Å². The molecule has 0 heterocycles. The molecule has 134 valence electrons. The maximum atomic E-state index is 13.3.